The Morgan fingerprint density at radius 1 is 1.35 bits per heavy atom. The number of rotatable bonds is 2. The van der Waals surface area contributed by atoms with E-state index in [1.807, 2.05) is 0 Å². The average molecular weight is 243 g/mol. The minimum atomic E-state index is -1.16. The van der Waals surface area contributed by atoms with Gasteiger partial charge in [-0.15, -0.1) is 0 Å². The van der Waals surface area contributed by atoms with Crippen LogP contribution >= 0.6 is 0 Å². The third-order valence-electron chi connectivity index (χ3n) is 2.55. The standard InChI is InChI=1S/C12H15F2NO2/c1-12(2,3)9(11(16)17)7-4-6(13)5-8(14)10(7)15/h4-5,9H,15H2,1-3H3,(H,16,17). The van der Waals surface area contributed by atoms with E-state index in [1.165, 1.54) is 0 Å². The van der Waals surface area contributed by atoms with Crippen LogP contribution in [0.1, 0.15) is 32.3 Å². The van der Waals surface area contributed by atoms with Crippen LogP contribution in [0.15, 0.2) is 12.1 Å². The summed E-state index contributed by atoms with van der Waals surface area (Å²) in [6.45, 7) is 5.02. The van der Waals surface area contributed by atoms with E-state index < -0.39 is 28.9 Å². The topological polar surface area (TPSA) is 63.3 Å². The molecule has 0 aliphatic heterocycles. The molecule has 3 N–H and O–H groups in total. The maximum absolute atomic E-state index is 13.3. The predicted molar refractivity (Wildman–Crippen MR) is 60.6 cm³/mol. The molecule has 0 amide bonds. The van der Waals surface area contributed by atoms with Crippen LogP contribution < -0.4 is 5.73 Å². The summed E-state index contributed by atoms with van der Waals surface area (Å²) in [7, 11) is 0. The minimum Gasteiger partial charge on any atom is -0.481 e. The second-order valence-electron chi connectivity index (χ2n) is 5.03. The summed E-state index contributed by atoms with van der Waals surface area (Å²) in [5.41, 5.74) is 4.45. The molecule has 1 atom stereocenters. The molecule has 1 aromatic carbocycles. The van der Waals surface area contributed by atoms with Crippen molar-refractivity contribution in [3.63, 3.8) is 0 Å². The first-order valence-corrected chi connectivity index (χ1v) is 5.12. The van der Waals surface area contributed by atoms with Crippen molar-refractivity contribution in [2.75, 3.05) is 5.73 Å². The number of halogens is 2. The summed E-state index contributed by atoms with van der Waals surface area (Å²) >= 11 is 0. The van der Waals surface area contributed by atoms with Crippen molar-refractivity contribution < 1.29 is 18.7 Å². The molecule has 0 spiro atoms. The predicted octanol–water partition coefficient (Wildman–Crippen LogP) is 2.76. The van der Waals surface area contributed by atoms with Crippen LogP contribution in [0, 0.1) is 17.0 Å². The Morgan fingerprint density at radius 3 is 2.29 bits per heavy atom. The van der Waals surface area contributed by atoms with Crippen LogP contribution in [-0.2, 0) is 4.79 Å². The van der Waals surface area contributed by atoms with Crippen LogP contribution in [0.3, 0.4) is 0 Å². The average Bonchev–Trinajstić information content (AvgIpc) is 2.10. The quantitative estimate of drug-likeness (QED) is 0.785. The third kappa shape index (κ3) is 2.72. The normalized spacial score (nSPS) is 13.5. The number of nitrogens with two attached hydrogens (primary N) is 1. The molecule has 0 aromatic heterocycles. The highest BCUT2D eigenvalue weighted by Crippen LogP contribution is 2.38. The SMILES string of the molecule is CC(C)(C)C(C(=O)O)c1cc(F)cc(F)c1N. The summed E-state index contributed by atoms with van der Waals surface area (Å²) < 4.78 is 26.4. The fourth-order valence-electron chi connectivity index (χ4n) is 1.81. The number of benzene rings is 1. The smallest absolute Gasteiger partial charge is 0.311 e. The zero-order chi connectivity index (χ0) is 13.4. The van der Waals surface area contributed by atoms with Crippen LogP contribution in [0.25, 0.3) is 0 Å². The number of aliphatic carboxylic acids is 1. The van der Waals surface area contributed by atoms with Crippen LogP contribution in [0.5, 0.6) is 0 Å². The molecular weight excluding hydrogens is 228 g/mol. The Bertz CT molecular complexity index is 453. The van der Waals surface area contributed by atoms with Crippen molar-refractivity contribution in [3.05, 3.63) is 29.3 Å². The summed E-state index contributed by atoms with van der Waals surface area (Å²) in [4.78, 5) is 11.2. The van der Waals surface area contributed by atoms with Crippen LogP contribution in [-0.4, -0.2) is 11.1 Å². The summed E-state index contributed by atoms with van der Waals surface area (Å²) in [6.07, 6.45) is 0. The van der Waals surface area contributed by atoms with Gasteiger partial charge in [-0.1, -0.05) is 20.8 Å². The van der Waals surface area contributed by atoms with E-state index in [0.717, 1.165) is 6.07 Å². The lowest BCUT2D eigenvalue weighted by atomic mass is 9.76. The zero-order valence-electron chi connectivity index (χ0n) is 9.92. The highest BCUT2D eigenvalue weighted by Gasteiger charge is 2.35. The van der Waals surface area contributed by atoms with Gasteiger partial charge in [-0.3, -0.25) is 4.79 Å². The van der Waals surface area contributed by atoms with Gasteiger partial charge in [0, 0.05) is 6.07 Å². The largest absolute Gasteiger partial charge is 0.481 e. The van der Waals surface area contributed by atoms with E-state index in [1.54, 1.807) is 20.8 Å². The molecular formula is C12H15F2NO2. The molecule has 1 aromatic rings. The number of hydrogen-bond acceptors (Lipinski definition) is 2. The van der Waals surface area contributed by atoms with Crippen molar-refractivity contribution in [3.8, 4) is 0 Å². The van der Waals surface area contributed by atoms with E-state index in [4.69, 9.17) is 10.8 Å². The van der Waals surface area contributed by atoms with Crippen LogP contribution in [0.4, 0.5) is 14.5 Å². The van der Waals surface area contributed by atoms with Crippen molar-refractivity contribution in [2.24, 2.45) is 5.41 Å². The summed E-state index contributed by atoms with van der Waals surface area (Å²) in [6, 6.07) is 1.61. The van der Waals surface area contributed by atoms with Gasteiger partial charge in [0.25, 0.3) is 0 Å². The van der Waals surface area contributed by atoms with E-state index in [9.17, 15) is 13.6 Å². The fraction of sp³-hybridized carbons (Fsp3) is 0.417. The van der Waals surface area contributed by atoms with Gasteiger partial charge in [0.05, 0.1) is 11.6 Å². The Balaban J connectivity index is 3.44. The van der Waals surface area contributed by atoms with Gasteiger partial charge in [0.1, 0.15) is 11.6 Å². The van der Waals surface area contributed by atoms with Gasteiger partial charge in [-0.2, -0.15) is 0 Å². The maximum atomic E-state index is 13.3. The van der Waals surface area contributed by atoms with Gasteiger partial charge >= 0.3 is 5.97 Å². The molecule has 0 heterocycles. The molecule has 1 rings (SSSR count). The second kappa shape index (κ2) is 4.31. The Hall–Kier alpha value is -1.65. The summed E-state index contributed by atoms with van der Waals surface area (Å²) in [5.74, 6) is -3.99. The van der Waals surface area contributed by atoms with Crippen LogP contribution in [0.2, 0.25) is 0 Å². The Labute approximate surface area is 98.2 Å². The molecule has 0 saturated carbocycles. The molecule has 5 heteroatoms. The second-order valence-corrected chi connectivity index (χ2v) is 5.03. The van der Waals surface area contributed by atoms with Gasteiger partial charge in [0.2, 0.25) is 0 Å². The van der Waals surface area contributed by atoms with Gasteiger partial charge < -0.3 is 10.8 Å². The number of carboxylic acid groups (broad SMARTS) is 1. The highest BCUT2D eigenvalue weighted by atomic mass is 19.1. The molecule has 1 unspecified atom stereocenters. The number of hydrogen-bond donors (Lipinski definition) is 2. The molecule has 94 valence electrons. The lowest BCUT2D eigenvalue weighted by Crippen LogP contribution is -2.27. The molecule has 0 bridgehead atoms. The highest BCUT2D eigenvalue weighted by molar-refractivity contribution is 5.79. The number of nitrogen functional groups attached to an aromatic ring is 1. The maximum Gasteiger partial charge on any atom is 0.311 e. The lowest BCUT2D eigenvalue weighted by molar-refractivity contribution is -0.141. The van der Waals surface area contributed by atoms with E-state index in [-0.39, 0.29) is 11.3 Å². The zero-order valence-corrected chi connectivity index (χ0v) is 9.92. The monoisotopic (exact) mass is 243 g/mol. The van der Waals surface area contributed by atoms with Crippen molar-refractivity contribution in [1.82, 2.24) is 0 Å². The fourth-order valence-corrected chi connectivity index (χ4v) is 1.81. The molecule has 0 saturated heterocycles. The van der Waals surface area contributed by atoms with Crippen molar-refractivity contribution in [2.45, 2.75) is 26.7 Å². The minimum absolute atomic E-state index is 0.0255. The number of carbonyl (C=O) groups is 1. The van der Waals surface area contributed by atoms with E-state index >= 15 is 0 Å². The Kier molecular flexibility index (Phi) is 3.40. The Morgan fingerprint density at radius 2 is 1.88 bits per heavy atom. The van der Waals surface area contributed by atoms with Gasteiger partial charge in [0.15, 0.2) is 0 Å². The molecule has 17 heavy (non-hydrogen) atoms. The van der Waals surface area contributed by atoms with E-state index in [2.05, 4.69) is 0 Å². The summed E-state index contributed by atoms with van der Waals surface area (Å²) in [5, 5.41) is 9.17. The third-order valence-corrected chi connectivity index (χ3v) is 2.55. The van der Waals surface area contributed by atoms with Gasteiger partial charge in [-0.25, -0.2) is 8.78 Å². The molecule has 3 nitrogen and oxygen atoms in total. The van der Waals surface area contributed by atoms with E-state index in [0.29, 0.717) is 6.07 Å². The molecule has 0 aliphatic rings. The first-order chi connectivity index (χ1) is 7.64. The molecule has 0 aliphatic carbocycles. The number of anilines is 1. The molecule has 0 fully saturated rings. The lowest BCUT2D eigenvalue weighted by Gasteiger charge is -2.28. The van der Waals surface area contributed by atoms with Crippen molar-refractivity contribution in [1.29, 1.82) is 0 Å². The van der Waals surface area contributed by atoms with Crippen molar-refractivity contribution >= 4 is 11.7 Å². The van der Waals surface area contributed by atoms with Gasteiger partial charge in [-0.05, 0) is 17.0 Å². The first-order valence-electron chi connectivity index (χ1n) is 5.12. The first kappa shape index (κ1) is 13.4. The molecule has 0 radical (unpaired) electrons. The number of carboxylic acids is 1.